The molecular formula is C12H16O3. The average molecular weight is 208 g/mol. The summed E-state index contributed by atoms with van der Waals surface area (Å²) >= 11 is 0. The molecule has 3 heteroatoms. The molecule has 1 rings (SSSR count). The van der Waals surface area contributed by atoms with E-state index in [4.69, 9.17) is 0 Å². The molecule has 1 aromatic rings. The van der Waals surface area contributed by atoms with E-state index in [0.717, 1.165) is 12.0 Å². The van der Waals surface area contributed by atoms with Gasteiger partial charge in [-0.2, -0.15) is 0 Å². The molecule has 0 aliphatic heterocycles. The van der Waals surface area contributed by atoms with Gasteiger partial charge in [-0.05, 0) is 30.0 Å². The van der Waals surface area contributed by atoms with Crippen LogP contribution in [0.15, 0.2) is 18.2 Å². The van der Waals surface area contributed by atoms with Crippen molar-refractivity contribution in [3.63, 3.8) is 0 Å². The Morgan fingerprint density at radius 1 is 1.53 bits per heavy atom. The summed E-state index contributed by atoms with van der Waals surface area (Å²) in [6.07, 6.45) is -0.236. The van der Waals surface area contributed by atoms with Crippen molar-refractivity contribution < 1.29 is 14.6 Å². The van der Waals surface area contributed by atoms with E-state index in [1.165, 1.54) is 12.7 Å². The molecule has 1 aromatic carbocycles. The summed E-state index contributed by atoms with van der Waals surface area (Å²) < 4.78 is 4.47. The van der Waals surface area contributed by atoms with Crippen molar-refractivity contribution in [1.82, 2.24) is 0 Å². The number of aliphatic hydroxyl groups excluding tert-OH is 1. The molecule has 1 N–H and O–H groups in total. The van der Waals surface area contributed by atoms with E-state index < -0.39 is 12.1 Å². The van der Waals surface area contributed by atoms with Crippen LogP contribution in [0.2, 0.25) is 0 Å². The lowest BCUT2D eigenvalue weighted by molar-refractivity contribution is -0.150. The molecule has 82 valence electrons. The van der Waals surface area contributed by atoms with Crippen molar-refractivity contribution in [2.45, 2.75) is 26.4 Å². The van der Waals surface area contributed by atoms with Gasteiger partial charge in [-0.3, -0.25) is 0 Å². The minimum absolute atomic E-state index is 0.580. The lowest BCUT2D eigenvalue weighted by atomic mass is 10.0. The molecule has 0 saturated carbocycles. The maximum absolute atomic E-state index is 11.1. The van der Waals surface area contributed by atoms with Crippen molar-refractivity contribution in [2.75, 3.05) is 7.11 Å². The number of hydrogen-bond donors (Lipinski definition) is 1. The molecule has 0 amide bonds. The summed E-state index contributed by atoms with van der Waals surface area (Å²) in [5.74, 6) is -0.626. The fraction of sp³-hybridized carbons (Fsp3) is 0.417. The van der Waals surface area contributed by atoms with Crippen LogP contribution in [0.3, 0.4) is 0 Å². The number of carbonyl (C=O) groups excluding carboxylic acids is 1. The van der Waals surface area contributed by atoms with Gasteiger partial charge in [0.15, 0.2) is 6.10 Å². The number of rotatable bonds is 3. The predicted octanol–water partition coefficient (Wildman–Crippen LogP) is 1.76. The number of aliphatic hydroxyl groups is 1. The van der Waals surface area contributed by atoms with Crippen LogP contribution in [0.5, 0.6) is 0 Å². The van der Waals surface area contributed by atoms with E-state index in [9.17, 15) is 9.90 Å². The van der Waals surface area contributed by atoms with Crippen LogP contribution in [-0.2, 0) is 16.0 Å². The van der Waals surface area contributed by atoms with E-state index in [0.29, 0.717) is 5.56 Å². The number of carbonyl (C=O) groups is 1. The van der Waals surface area contributed by atoms with Crippen LogP contribution in [0.25, 0.3) is 0 Å². The van der Waals surface area contributed by atoms with E-state index >= 15 is 0 Å². The van der Waals surface area contributed by atoms with Crippen LogP contribution in [-0.4, -0.2) is 18.2 Å². The molecule has 0 spiro atoms. The summed E-state index contributed by atoms with van der Waals surface area (Å²) in [6.45, 7) is 4.03. The number of ether oxygens (including phenoxy) is 1. The first-order valence-electron chi connectivity index (χ1n) is 4.95. The third-order valence-corrected chi connectivity index (χ3v) is 2.49. The Morgan fingerprint density at radius 2 is 2.20 bits per heavy atom. The normalized spacial score (nSPS) is 12.3. The number of benzene rings is 1. The largest absolute Gasteiger partial charge is 0.467 e. The summed E-state index contributed by atoms with van der Waals surface area (Å²) in [5, 5.41) is 9.60. The second-order valence-electron chi connectivity index (χ2n) is 3.47. The summed E-state index contributed by atoms with van der Waals surface area (Å²) in [5.41, 5.74) is 2.88. The Morgan fingerprint density at radius 3 is 2.67 bits per heavy atom. The first kappa shape index (κ1) is 11.7. The molecule has 0 aliphatic carbocycles. The van der Waals surface area contributed by atoms with Gasteiger partial charge in [0.05, 0.1) is 7.11 Å². The molecular weight excluding hydrogens is 192 g/mol. The maximum atomic E-state index is 11.1. The smallest absolute Gasteiger partial charge is 0.339 e. The number of esters is 1. The highest BCUT2D eigenvalue weighted by Gasteiger charge is 2.17. The zero-order chi connectivity index (χ0) is 11.4. The fourth-order valence-electron chi connectivity index (χ4n) is 1.53. The van der Waals surface area contributed by atoms with Crippen molar-refractivity contribution in [3.05, 3.63) is 34.9 Å². The van der Waals surface area contributed by atoms with Gasteiger partial charge in [0.25, 0.3) is 0 Å². The van der Waals surface area contributed by atoms with E-state index in [1.807, 2.05) is 19.1 Å². The number of methoxy groups -OCH3 is 1. The van der Waals surface area contributed by atoms with Crippen LogP contribution >= 0.6 is 0 Å². The Kier molecular flexibility index (Phi) is 3.86. The lowest BCUT2D eigenvalue weighted by Gasteiger charge is -2.11. The van der Waals surface area contributed by atoms with Crippen molar-refractivity contribution in [1.29, 1.82) is 0 Å². The quantitative estimate of drug-likeness (QED) is 0.770. The second-order valence-corrected chi connectivity index (χ2v) is 3.47. The van der Waals surface area contributed by atoms with Crippen LogP contribution < -0.4 is 0 Å². The highest BCUT2D eigenvalue weighted by Crippen LogP contribution is 2.18. The van der Waals surface area contributed by atoms with E-state index in [2.05, 4.69) is 11.7 Å². The number of hydrogen-bond acceptors (Lipinski definition) is 3. The van der Waals surface area contributed by atoms with Crippen molar-refractivity contribution in [2.24, 2.45) is 0 Å². The fourth-order valence-corrected chi connectivity index (χ4v) is 1.53. The Bertz CT molecular complexity index is 358. The Hall–Kier alpha value is -1.35. The van der Waals surface area contributed by atoms with Gasteiger partial charge >= 0.3 is 5.97 Å². The topological polar surface area (TPSA) is 46.5 Å². The SMILES string of the molecule is CCc1ccc(C(O)C(=O)OC)cc1C. The average Bonchev–Trinajstić information content (AvgIpc) is 2.26. The second kappa shape index (κ2) is 4.94. The third kappa shape index (κ3) is 2.57. The standard InChI is InChI=1S/C12H16O3/c1-4-9-5-6-10(7-8(9)2)11(13)12(14)15-3/h5-7,11,13H,4H2,1-3H3. The molecule has 0 aromatic heterocycles. The van der Waals surface area contributed by atoms with E-state index in [1.54, 1.807) is 6.07 Å². The zero-order valence-electron chi connectivity index (χ0n) is 9.28. The first-order valence-corrected chi connectivity index (χ1v) is 4.95. The number of aryl methyl sites for hydroxylation is 2. The molecule has 0 bridgehead atoms. The predicted molar refractivity (Wildman–Crippen MR) is 57.5 cm³/mol. The highest BCUT2D eigenvalue weighted by atomic mass is 16.5. The molecule has 0 heterocycles. The van der Waals surface area contributed by atoms with Gasteiger partial charge in [-0.25, -0.2) is 4.79 Å². The molecule has 0 fully saturated rings. The molecule has 1 atom stereocenters. The molecule has 1 unspecified atom stereocenters. The monoisotopic (exact) mass is 208 g/mol. The molecule has 0 saturated heterocycles. The molecule has 3 nitrogen and oxygen atoms in total. The van der Waals surface area contributed by atoms with Gasteiger partial charge in [-0.15, -0.1) is 0 Å². The molecule has 0 aliphatic rings. The Labute approximate surface area is 89.7 Å². The van der Waals surface area contributed by atoms with Gasteiger partial charge < -0.3 is 9.84 Å². The van der Waals surface area contributed by atoms with E-state index in [-0.39, 0.29) is 0 Å². The Balaban J connectivity index is 2.97. The molecule has 0 radical (unpaired) electrons. The minimum atomic E-state index is -1.18. The van der Waals surface area contributed by atoms with Gasteiger partial charge in [-0.1, -0.05) is 25.1 Å². The lowest BCUT2D eigenvalue weighted by Crippen LogP contribution is -2.13. The summed E-state index contributed by atoms with van der Waals surface area (Å²) in [4.78, 5) is 11.1. The van der Waals surface area contributed by atoms with Crippen LogP contribution in [0.1, 0.15) is 29.7 Å². The maximum Gasteiger partial charge on any atom is 0.339 e. The minimum Gasteiger partial charge on any atom is -0.467 e. The summed E-state index contributed by atoms with van der Waals surface area (Å²) in [6, 6.07) is 5.50. The van der Waals surface area contributed by atoms with Gasteiger partial charge in [0.1, 0.15) is 0 Å². The van der Waals surface area contributed by atoms with Crippen LogP contribution in [0.4, 0.5) is 0 Å². The van der Waals surface area contributed by atoms with Gasteiger partial charge in [0.2, 0.25) is 0 Å². The first-order chi connectivity index (χ1) is 7.10. The highest BCUT2D eigenvalue weighted by molar-refractivity contribution is 5.76. The van der Waals surface area contributed by atoms with Crippen LogP contribution in [0, 0.1) is 6.92 Å². The summed E-state index contributed by atoms with van der Waals surface area (Å²) in [7, 11) is 1.26. The van der Waals surface area contributed by atoms with Gasteiger partial charge in [0, 0.05) is 0 Å². The van der Waals surface area contributed by atoms with Crippen molar-refractivity contribution >= 4 is 5.97 Å². The zero-order valence-corrected chi connectivity index (χ0v) is 9.28. The third-order valence-electron chi connectivity index (χ3n) is 2.49. The van der Waals surface area contributed by atoms with Crippen molar-refractivity contribution in [3.8, 4) is 0 Å². The molecule has 15 heavy (non-hydrogen) atoms.